The Hall–Kier alpha value is -1.73. The van der Waals surface area contributed by atoms with Gasteiger partial charge in [0.1, 0.15) is 11.6 Å². The Morgan fingerprint density at radius 2 is 2.26 bits per heavy atom. The van der Waals surface area contributed by atoms with E-state index in [0.717, 1.165) is 31.6 Å². The Bertz CT molecular complexity index is 520. The lowest BCUT2D eigenvalue weighted by Gasteiger charge is -2.13. The summed E-state index contributed by atoms with van der Waals surface area (Å²) < 4.78 is 37.5. The van der Waals surface area contributed by atoms with E-state index in [2.05, 4.69) is 15.6 Å². The van der Waals surface area contributed by atoms with Gasteiger partial charge in [-0.05, 0) is 31.0 Å². The van der Waals surface area contributed by atoms with Gasteiger partial charge in [-0.2, -0.15) is 0 Å². The summed E-state index contributed by atoms with van der Waals surface area (Å²) in [5.41, 5.74) is 0.262. The number of ether oxygens (including phenoxy) is 2. The van der Waals surface area contributed by atoms with Gasteiger partial charge in [0, 0.05) is 38.9 Å². The Kier molecular flexibility index (Phi) is 7.22. The van der Waals surface area contributed by atoms with Crippen molar-refractivity contribution >= 4 is 5.96 Å². The Morgan fingerprint density at radius 3 is 3.00 bits per heavy atom. The largest absolute Gasteiger partial charge is 0.379 e. The van der Waals surface area contributed by atoms with Crippen molar-refractivity contribution in [2.24, 2.45) is 4.99 Å². The highest BCUT2D eigenvalue weighted by Crippen LogP contribution is 2.09. The van der Waals surface area contributed by atoms with Gasteiger partial charge in [-0.3, -0.25) is 4.99 Å². The normalized spacial score (nSPS) is 18.2. The zero-order valence-electron chi connectivity index (χ0n) is 13.3. The first-order valence-electron chi connectivity index (χ1n) is 7.77. The summed E-state index contributed by atoms with van der Waals surface area (Å²) in [5, 5.41) is 6.07. The predicted octanol–water partition coefficient (Wildman–Crippen LogP) is 1.83. The molecule has 1 heterocycles. The molecule has 5 nitrogen and oxygen atoms in total. The summed E-state index contributed by atoms with van der Waals surface area (Å²) in [6.07, 6.45) is 1.99. The number of guanidine groups is 1. The minimum atomic E-state index is -0.459. The van der Waals surface area contributed by atoms with Crippen molar-refractivity contribution in [3.8, 4) is 0 Å². The molecule has 0 saturated carbocycles. The first-order chi connectivity index (χ1) is 11.2. The molecule has 0 aliphatic carbocycles. The van der Waals surface area contributed by atoms with Crippen LogP contribution in [0.3, 0.4) is 0 Å². The Morgan fingerprint density at radius 1 is 1.39 bits per heavy atom. The number of hydrogen-bond acceptors (Lipinski definition) is 3. The van der Waals surface area contributed by atoms with Crippen molar-refractivity contribution in [2.75, 3.05) is 33.4 Å². The topological polar surface area (TPSA) is 54.9 Å². The zero-order valence-corrected chi connectivity index (χ0v) is 13.3. The Balaban J connectivity index is 1.64. The van der Waals surface area contributed by atoms with Gasteiger partial charge in [0.25, 0.3) is 0 Å². The fourth-order valence-electron chi connectivity index (χ4n) is 2.25. The van der Waals surface area contributed by atoms with Gasteiger partial charge >= 0.3 is 0 Å². The van der Waals surface area contributed by atoms with Crippen LogP contribution in [0.1, 0.15) is 18.4 Å². The quantitative estimate of drug-likeness (QED) is 0.456. The van der Waals surface area contributed by atoms with Gasteiger partial charge in [0.15, 0.2) is 5.96 Å². The molecule has 2 rings (SSSR count). The van der Waals surface area contributed by atoms with Crippen LogP contribution < -0.4 is 10.6 Å². The molecule has 23 heavy (non-hydrogen) atoms. The van der Waals surface area contributed by atoms with Crippen LogP contribution in [-0.4, -0.2) is 45.5 Å². The number of nitrogens with one attached hydrogen (secondary N) is 2. The third-order valence-corrected chi connectivity index (χ3v) is 3.53. The van der Waals surface area contributed by atoms with E-state index in [1.54, 1.807) is 7.05 Å². The van der Waals surface area contributed by atoms with Crippen LogP contribution in [0.2, 0.25) is 0 Å². The summed E-state index contributed by atoms with van der Waals surface area (Å²) in [7, 11) is 1.63. The van der Waals surface area contributed by atoms with E-state index in [1.807, 2.05) is 0 Å². The lowest BCUT2D eigenvalue weighted by atomic mass is 10.2. The third-order valence-electron chi connectivity index (χ3n) is 3.53. The number of hydrogen-bond donors (Lipinski definition) is 2. The SMILES string of the molecule is CN=C(NCCCOC1CCOC1)NCc1cc(F)ccc1F. The van der Waals surface area contributed by atoms with Crippen LogP contribution in [0.15, 0.2) is 23.2 Å². The summed E-state index contributed by atoms with van der Waals surface area (Å²) in [4.78, 5) is 4.05. The first kappa shape index (κ1) is 17.6. The third kappa shape index (κ3) is 6.11. The molecule has 1 aliphatic heterocycles. The Labute approximate surface area is 135 Å². The molecule has 1 aliphatic rings. The highest BCUT2D eigenvalue weighted by atomic mass is 19.1. The molecule has 0 spiro atoms. The smallest absolute Gasteiger partial charge is 0.191 e. The standard InChI is InChI=1S/C16H23F2N3O2/c1-19-16(20-6-2-7-23-14-5-8-22-11-14)21-10-12-9-13(17)3-4-15(12)18/h3-4,9,14H,2,5-8,10-11H2,1H3,(H2,19,20,21). The predicted molar refractivity (Wildman–Crippen MR) is 84.4 cm³/mol. The van der Waals surface area contributed by atoms with Crippen molar-refractivity contribution in [1.29, 1.82) is 0 Å². The minimum Gasteiger partial charge on any atom is -0.379 e. The van der Waals surface area contributed by atoms with Crippen LogP contribution in [-0.2, 0) is 16.0 Å². The number of rotatable bonds is 7. The molecule has 0 bridgehead atoms. The summed E-state index contributed by atoms with van der Waals surface area (Å²) >= 11 is 0. The molecule has 1 aromatic carbocycles. The molecule has 0 amide bonds. The second-order valence-electron chi connectivity index (χ2n) is 5.30. The molecule has 2 N–H and O–H groups in total. The van der Waals surface area contributed by atoms with E-state index < -0.39 is 11.6 Å². The maximum atomic E-state index is 13.5. The summed E-state index contributed by atoms with van der Waals surface area (Å²) in [6.45, 7) is 2.95. The molecule has 1 fully saturated rings. The van der Waals surface area contributed by atoms with Gasteiger partial charge < -0.3 is 20.1 Å². The van der Waals surface area contributed by atoms with E-state index in [9.17, 15) is 8.78 Å². The molecule has 0 radical (unpaired) electrons. The van der Waals surface area contributed by atoms with Gasteiger partial charge in [-0.1, -0.05) is 0 Å². The van der Waals surface area contributed by atoms with Crippen LogP contribution in [0.5, 0.6) is 0 Å². The van der Waals surface area contributed by atoms with Crippen LogP contribution in [0.25, 0.3) is 0 Å². The average Bonchev–Trinajstić information content (AvgIpc) is 3.06. The molecule has 0 aromatic heterocycles. The lowest BCUT2D eigenvalue weighted by Crippen LogP contribution is -2.37. The number of benzene rings is 1. The van der Waals surface area contributed by atoms with Gasteiger partial charge in [0.05, 0.1) is 12.7 Å². The average molecular weight is 327 g/mol. The van der Waals surface area contributed by atoms with Crippen LogP contribution in [0, 0.1) is 11.6 Å². The van der Waals surface area contributed by atoms with Crippen LogP contribution in [0.4, 0.5) is 8.78 Å². The molecule has 128 valence electrons. The number of aliphatic imine (C=N–C) groups is 1. The molecular formula is C16H23F2N3O2. The zero-order chi connectivity index (χ0) is 16.5. The molecule has 7 heteroatoms. The molecule has 1 aromatic rings. The minimum absolute atomic E-state index is 0.166. The first-order valence-corrected chi connectivity index (χ1v) is 7.77. The lowest BCUT2D eigenvalue weighted by molar-refractivity contribution is 0.0420. The van der Waals surface area contributed by atoms with E-state index in [4.69, 9.17) is 9.47 Å². The number of halogens is 2. The van der Waals surface area contributed by atoms with E-state index in [-0.39, 0.29) is 18.2 Å². The molecular weight excluding hydrogens is 304 g/mol. The van der Waals surface area contributed by atoms with Crippen molar-refractivity contribution < 1.29 is 18.3 Å². The second-order valence-corrected chi connectivity index (χ2v) is 5.30. The van der Waals surface area contributed by atoms with E-state index >= 15 is 0 Å². The highest BCUT2D eigenvalue weighted by Gasteiger charge is 2.15. The maximum Gasteiger partial charge on any atom is 0.191 e. The molecule has 1 saturated heterocycles. The summed E-state index contributed by atoms with van der Waals surface area (Å²) in [5.74, 6) is -0.362. The van der Waals surface area contributed by atoms with Gasteiger partial charge in [-0.25, -0.2) is 8.78 Å². The van der Waals surface area contributed by atoms with Crippen molar-refractivity contribution in [3.05, 3.63) is 35.4 Å². The van der Waals surface area contributed by atoms with Crippen molar-refractivity contribution in [2.45, 2.75) is 25.5 Å². The second kappa shape index (κ2) is 9.42. The molecule has 1 atom stereocenters. The maximum absolute atomic E-state index is 13.5. The monoisotopic (exact) mass is 327 g/mol. The van der Waals surface area contributed by atoms with E-state index in [0.29, 0.717) is 25.7 Å². The number of nitrogens with zero attached hydrogens (tertiary/aromatic N) is 1. The van der Waals surface area contributed by atoms with Crippen molar-refractivity contribution in [1.82, 2.24) is 10.6 Å². The van der Waals surface area contributed by atoms with Gasteiger partial charge in [-0.15, -0.1) is 0 Å². The van der Waals surface area contributed by atoms with E-state index in [1.165, 1.54) is 6.07 Å². The fraction of sp³-hybridized carbons (Fsp3) is 0.562. The van der Waals surface area contributed by atoms with Crippen LogP contribution >= 0.6 is 0 Å². The molecule has 1 unspecified atom stereocenters. The highest BCUT2D eigenvalue weighted by molar-refractivity contribution is 5.79. The fourth-order valence-corrected chi connectivity index (χ4v) is 2.25. The summed E-state index contributed by atoms with van der Waals surface area (Å²) in [6, 6.07) is 3.39. The van der Waals surface area contributed by atoms with Gasteiger partial charge in [0.2, 0.25) is 0 Å². The van der Waals surface area contributed by atoms with Crippen molar-refractivity contribution in [3.63, 3.8) is 0 Å².